The van der Waals surface area contributed by atoms with Gasteiger partial charge in [0.05, 0.1) is 7.11 Å². The number of carbonyl (C=O) groups is 1. The second kappa shape index (κ2) is 7.85. The zero-order chi connectivity index (χ0) is 16.9. The van der Waals surface area contributed by atoms with Crippen LogP contribution < -0.4 is 9.47 Å². The maximum absolute atomic E-state index is 12.0. The Morgan fingerprint density at radius 3 is 2.38 bits per heavy atom. The van der Waals surface area contributed by atoms with Gasteiger partial charge in [0.25, 0.3) is 0 Å². The number of aliphatic hydroxyl groups is 1. The first kappa shape index (κ1) is 17.0. The molecule has 1 aliphatic carbocycles. The van der Waals surface area contributed by atoms with Crippen molar-refractivity contribution < 1.29 is 19.4 Å². The van der Waals surface area contributed by atoms with Crippen LogP contribution in [0.25, 0.3) is 0 Å². The molecule has 0 radical (unpaired) electrons. The Kier molecular flexibility index (Phi) is 5.58. The van der Waals surface area contributed by atoms with Gasteiger partial charge in [0.2, 0.25) is 5.91 Å². The lowest BCUT2D eigenvalue weighted by atomic mass is 10.2. The zero-order valence-corrected chi connectivity index (χ0v) is 14.2. The van der Waals surface area contributed by atoms with Gasteiger partial charge in [-0.05, 0) is 37.1 Å². The molecule has 1 saturated carbocycles. The van der Waals surface area contributed by atoms with E-state index in [1.54, 1.807) is 7.11 Å². The molecule has 2 aliphatic rings. The molecule has 1 aromatic rings. The minimum atomic E-state index is -0.544. The predicted molar refractivity (Wildman–Crippen MR) is 90.2 cm³/mol. The maximum atomic E-state index is 12.0. The maximum Gasteiger partial charge on any atom is 0.225 e. The van der Waals surface area contributed by atoms with Gasteiger partial charge in [-0.3, -0.25) is 9.69 Å². The lowest BCUT2D eigenvalue weighted by molar-refractivity contribution is -0.134. The molecule has 24 heavy (non-hydrogen) atoms. The van der Waals surface area contributed by atoms with Crippen molar-refractivity contribution in [3.63, 3.8) is 0 Å². The second-order valence-electron chi connectivity index (χ2n) is 6.54. The summed E-state index contributed by atoms with van der Waals surface area (Å²) in [4.78, 5) is 16.2. The molecular weight excluding hydrogens is 308 g/mol. The second-order valence-corrected chi connectivity index (χ2v) is 6.54. The number of amides is 1. The summed E-state index contributed by atoms with van der Waals surface area (Å²) in [7, 11) is 1.62. The molecule has 1 atom stereocenters. The molecular formula is C18H26N2O4. The number of rotatable bonds is 7. The number of benzene rings is 1. The third-order valence-electron chi connectivity index (χ3n) is 4.58. The third-order valence-corrected chi connectivity index (χ3v) is 4.58. The van der Waals surface area contributed by atoms with Crippen LogP contribution in [0, 0.1) is 5.92 Å². The summed E-state index contributed by atoms with van der Waals surface area (Å²) in [5, 5.41) is 10.2. The summed E-state index contributed by atoms with van der Waals surface area (Å²) < 4.78 is 10.7. The number of nitrogens with zero attached hydrogens (tertiary/aromatic N) is 2. The number of ether oxygens (including phenoxy) is 2. The monoisotopic (exact) mass is 334 g/mol. The molecule has 0 bridgehead atoms. The Labute approximate surface area is 143 Å². The van der Waals surface area contributed by atoms with Crippen LogP contribution >= 0.6 is 0 Å². The first-order valence-corrected chi connectivity index (χ1v) is 8.62. The van der Waals surface area contributed by atoms with Crippen LogP contribution in [0.4, 0.5) is 0 Å². The lowest BCUT2D eigenvalue weighted by Crippen LogP contribution is -2.51. The van der Waals surface area contributed by atoms with Gasteiger partial charge in [0.15, 0.2) is 0 Å². The standard InChI is InChI=1S/C18H26N2O4/c1-23-16-4-6-17(7-5-16)24-13-15(21)12-19-8-10-20(11-9-19)18(22)14-2-3-14/h4-7,14-15,21H,2-3,8-13H2,1H3/t15-/m1/s1. The number of methoxy groups -OCH3 is 1. The summed E-state index contributed by atoms with van der Waals surface area (Å²) in [6, 6.07) is 7.32. The van der Waals surface area contributed by atoms with Crippen LogP contribution in [0.5, 0.6) is 11.5 Å². The normalized spacial score (nSPS) is 19.8. The predicted octanol–water partition coefficient (Wildman–Crippen LogP) is 0.989. The summed E-state index contributed by atoms with van der Waals surface area (Å²) in [5.41, 5.74) is 0. The van der Waals surface area contributed by atoms with Crippen molar-refractivity contribution in [1.29, 1.82) is 0 Å². The van der Waals surface area contributed by atoms with Gasteiger partial charge in [-0.2, -0.15) is 0 Å². The van der Waals surface area contributed by atoms with Crippen molar-refractivity contribution in [1.82, 2.24) is 9.80 Å². The van der Waals surface area contributed by atoms with Crippen LogP contribution in [-0.4, -0.2) is 73.4 Å². The molecule has 1 saturated heterocycles. The molecule has 6 nitrogen and oxygen atoms in total. The Bertz CT molecular complexity index is 536. The summed E-state index contributed by atoms with van der Waals surface area (Å²) in [6.45, 7) is 3.99. The Balaban J connectivity index is 1.36. The first-order chi connectivity index (χ1) is 11.7. The number of β-amino-alcohol motifs (C(OH)–C–C–N with tert-alkyl or cyclic N) is 1. The van der Waals surface area contributed by atoms with Crippen molar-refractivity contribution in [3.8, 4) is 11.5 Å². The van der Waals surface area contributed by atoms with Crippen molar-refractivity contribution >= 4 is 5.91 Å². The van der Waals surface area contributed by atoms with E-state index in [2.05, 4.69) is 4.90 Å². The molecule has 132 valence electrons. The Morgan fingerprint density at radius 1 is 1.17 bits per heavy atom. The van der Waals surface area contributed by atoms with Gasteiger partial charge in [-0.1, -0.05) is 0 Å². The van der Waals surface area contributed by atoms with Crippen LogP contribution in [0.3, 0.4) is 0 Å². The molecule has 1 amide bonds. The molecule has 0 spiro atoms. The van der Waals surface area contributed by atoms with Crippen molar-refractivity contribution in [3.05, 3.63) is 24.3 Å². The van der Waals surface area contributed by atoms with Gasteiger partial charge in [0, 0.05) is 38.6 Å². The summed E-state index contributed by atoms with van der Waals surface area (Å²) >= 11 is 0. The van der Waals surface area contributed by atoms with E-state index in [1.165, 1.54) is 0 Å². The highest BCUT2D eigenvalue weighted by Crippen LogP contribution is 2.31. The van der Waals surface area contributed by atoms with E-state index >= 15 is 0 Å². The zero-order valence-electron chi connectivity index (χ0n) is 14.2. The molecule has 0 unspecified atom stereocenters. The number of piperazine rings is 1. The van der Waals surface area contributed by atoms with Crippen LogP contribution in [-0.2, 0) is 4.79 Å². The molecule has 1 N–H and O–H groups in total. The largest absolute Gasteiger partial charge is 0.497 e. The number of aliphatic hydroxyl groups excluding tert-OH is 1. The molecule has 0 aromatic heterocycles. The minimum Gasteiger partial charge on any atom is -0.497 e. The van der Waals surface area contributed by atoms with Gasteiger partial charge >= 0.3 is 0 Å². The Hall–Kier alpha value is -1.79. The highest BCUT2D eigenvalue weighted by molar-refractivity contribution is 5.81. The topological polar surface area (TPSA) is 62.2 Å². The fourth-order valence-electron chi connectivity index (χ4n) is 2.95. The Morgan fingerprint density at radius 2 is 1.79 bits per heavy atom. The van der Waals surface area contributed by atoms with E-state index in [4.69, 9.17) is 9.47 Å². The van der Waals surface area contributed by atoms with Crippen LogP contribution in [0.2, 0.25) is 0 Å². The van der Waals surface area contributed by atoms with Gasteiger partial charge < -0.3 is 19.5 Å². The number of hydrogen-bond donors (Lipinski definition) is 1. The lowest BCUT2D eigenvalue weighted by Gasteiger charge is -2.35. The quantitative estimate of drug-likeness (QED) is 0.806. The van der Waals surface area contributed by atoms with Crippen LogP contribution in [0.1, 0.15) is 12.8 Å². The molecule has 3 rings (SSSR count). The fraction of sp³-hybridized carbons (Fsp3) is 0.611. The number of carbonyl (C=O) groups excluding carboxylic acids is 1. The highest BCUT2D eigenvalue weighted by Gasteiger charge is 2.34. The van der Waals surface area contributed by atoms with E-state index in [0.29, 0.717) is 18.4 Å². The average molecular weight is 334 g/mol. The SMILES string of the molecule is COc1ccc(OC[C@H](O)CN2CCN(C(=O)C3CC3)CC2)cc1. The first-order valence-electron chi connectivity index (χ1n) is 8.62. The van der Waals surface area contributed by atoms with Gasteiger partial charge in [-0.25, -0.2) is 0 Å². The van der Waals surface area contributed by atoms with Crippen molar-refractivity contribution in [2.24, 2.45) is 5.92 Å². The van der Waals surface area contributed by atoms with Gasteiger partial charge in [0.1, 0.15) is 24.2 Å². The third kappa shape index (κ3) is 4.61. The highest BCUT2D eigenvalue weighted by atomic mass is 16.5. The minimum absolute atomic E-state index is 0.257. The van der Waals surface area contributed by atoms with Gasteiger partial charge in [-0.15, -0.1) is 0 Å². The van der Waals surface area contributed by atoms with Crippen molar-refractivity contribution in [2.45, 2.75) is 18.9 Å². The van der Waals surface area contributed by atoms with E-state index in [9.17, 15) is 9.90 Å². The van der Waals surface area contributed by atoms with E-state index in [-0.39, 0.29) is 6.61 Å². The average Bonchev–Trinajstić information content (AvgIpc) is 3.45. The number of hydrogen-bond acceptors (Lipinski definition) is 5. The fourth-order valence-corrected chi connectivity index (χ4v) is 2.95. The van der Waals surface area contributed by atoms with Crippen molar-refractivity contribution in [2.75, 3.05) is 46.4 Å². The smallest absolute Gasteiger partial charge is 0.225 e. The molecule has 1 aliphatic heterocycles. The van der Waals surface area contributed by atoms with E-state index < -0.39 is 6.10 Å². The molecule has 1 aromatic carbocycles. The summed E-state index contributed by atoms with van der Waals surface area (Å²) in [6.07, 6.45) is 1.57. The molecule has 6 heteroatoms. The van der Waals surface area contributed by atoms with E-state index in [1.807, 2.05) is 29.2 Å². The van der Waals surface area contributed by atoms with Crippen LogP contribution in [0.15, 0.2) is 24.3 Å². The molecule has 2 fully saturated rings. The molecule has 1 heterocycles. The summed E-state index contributed by atoms with van der Waals surface area (Å²) in [5.74, 6) is 2.11. The van der Waals surface area contributed by atoms with E-state index in [0.717, 1.165) is 50.5 Å².